The van der Waals surface area contributed by atoms with Gasteiger partial charge in [-0.15, -0.1) is 11.8 Å². The van der Waals surface area contributed by atoms with Crippen LogP contribution in [0.5, 0.6) is 0 Å². The fourth-order valence-electron chi connectivity index (χ4n) is 2.83. The van der Waals surface area contributed by atoms with E-state index in [1.807, 2.05) is 11.8 Å². The molecule has 120 valence electrons. The third kappa shape index (κ3) is 4.00. The van der Waals surface area contributed by atoms with Crippen molar-refractivity contribution in [2.45, 2.75) is 55.7 Å². The van der Waals surface area contributed by atoms with E-state index in [0.717, 1.165) is 25.0 Å². The molecule has 21 heavy (non-hydrogen) atoms. The Morgan fingerprint density at radius 2 is 2.24 bits per heavy atom. The predicted molar refractivity (Wildman–Crippen MR) is 87.9 cm³/mol. The second-order valence-corrected chi connectivity index (χ2v) is 8.79. The zero-order chi connectivity index (χ0) is 15.5. The van der Waals surface area contributed by atoms with Gasteiger partial charge in [-0.3, -0.25) is 4.90 Å². The van der Waals surface area contributed by atoms with E-state index in [-0.39, 0.29) is 16.2 Å². The summed E-state index contributed by atoms with van der Waals surface area (Å²) in [7, 11) is 0. The van der Waals surface area contributed by atoms with E-state index in [2.05, 4.69) is 19.2 Å². The lowest BCUT2D eigenvalue weighted by molar-refractivity contribution is -0.141. The number of carboxylic acid groups (broad SMARTS) is 1. The first-order valence-corrected chi connectivity index (χ1v) is 9.55. The minimum atomic E-state index is -0.905. The van der Waals surface area contributed by atoms with Crippen molar-refractivity contribution in [2.75, 3.05) is 18.1 Å². The van der Waals surface area contributed by atoms with Crippen LogP contribution >= 0.6 is 23.5 Å². The summed E-state index contributed by atoms with van der Waals surface area (Å²) >= 11 is 3.47. The van der Waals surface area contributed by atoms with E-state index in [1.54, 1.807) is 16.7 Å². The molecule has 7 heteroatoms. The largest absolute Gasteiger partial charge is 0.480 e. The Morgan fingerprint density at radius 1 is 1.48 bits per heavy atom. The topological polar surface area (TPSA) is 69.6 Å². The van der Waals surface area contributed by atoms with Gasteiger partial charge in [-0.1, -0.05) is 13.3 Å². The maximum Gasteiger partial charge on any atom is 0.327 e. The van der Waals surface area contributed by atoms with Crippen LogP contribution in [0.15, 0.2) is 0 Å². The summed E-state index contributed by atoms with van der Waals surface area (Å²) in [5.41, 5.74) is 0. The lowest BCUT2D eigenvalue weighted by atomic mass is 10.1. The lowest BCUT2D eigenvalue weighted by Crippen LogP contribution is -2.52. The number of hydrogen-bond donors (Lipinski definition) is 2. The van der Waals surface area contributed by atoms with Gasteiger partial charge in [-0.25, -0.2) is 9.59 Å². The van der Waals surface area contributed by atoms with Gasteiger partial charge in [-0.05, 0) is 31.9 Å². The van der Waals surface area contributed by atoms with Crippen LogP contribution in [0.25, 0.3) is 0 Å². The summed E-state index contributed by atoms with van der Waals surface area (Å²) in [6.07, 6.45) is 4.08. The van der Waals surface area contributed by atoms with Crippen molar-refractivity contribution < 1.29 is 14.7 Å². The van der Waals surface area contributed by atoms with Crippen LogP contribution in [0.3, 0.4) is 0 Å². The van der Waals surface area contributed by atoms with Crippen molar-refractivity contribution in [3.63, 3.8) is 0 Å². The molecule has 3 unspecified atom stereocenters. The van der Waals surface area contributed by atoms with Gasteiger partial charge >= 0.3 is 12.0 Å². The molecular formula is C14H24N2O3S2. The predicted octanol–water partition coefficient (Wildman–Crippen LogP) is 2.61. The zero-order valence-electron chi connectivity index (χ0n) is 12.6. The standard InChI is InChI=1S/C14H24N2O3S2/c1-3-5-11-16(10(8-20-11)12(17)18)13(19)15-9-14(2)6-4-7-21-14/h10-11H,3-9H2,1-2H3,(H,15,19)(H,17,18). The molecule has 2 amide bonds. The Hall–Kier alpha value is -0.560. The van der Waals surface area contributed by atoms with Gasteiger partial charge in [0.05, 0.1) is 5.37 Å². The van der Waals surface area contributed by atoms with Crippen LogP contribution in [0, 0.1) is 0 Å². The third-order valence-electron chi connectivity index (χ3n) is 4.06. The molecule has 0 aromatic rings. The molecule has 3 atom stereocenters. The van der Waals surface area contributed by atoms with Crippen LogP contribution in [0.1, 0.15) is 39.5 Å². The average Bonchev–Trinajstić information content (AvgIpc) is 3.04. The average molecular weight is 332 g/mol. The number of urea groups is 1. The highest BCUT2D eigenvalue weighted by Crippen LogP contribution is 2.37. The second-order valence-electron chi connectivity index (χ2n) is 5.90. The van der Waals surface area contributed by atoms with Gasteiger partial charge in [0.15, 0.2) is 0 Å². The molecule has 2 aliphatic rings. The van der Waals surface area contributed by atoms with Crippen molar-refractivity contribution in [3.8, 4) is 0 Å². The van der Waals surface area contributed by atoms with Crippen LogP contribution < -0.4 is 5.32 Å². The highest BCUT2D eigenvalue weighted by molar-refractivity contribution is 8.01. The van der Waals surface area contributed by atoms with E-state index in [9.17, 15) is 14.7 Å². The molecule has 2 saturated heterocycles. The first-order chi connectivity index (χ1) is 9.97. The van der Waals surface area contributed by atoms with E-state index >= 15 is 0 Å². The molecule has 2 N–H and O–H groups in total. The lowest BCUT2D eigenvalue weighted by Gasteiger charge is -2.30. The molecular weight excluding hydrogens is 308 g/mol. The fourth-order valence-corrected chi connectivity index (χ4v) is 5.58. The van der Waals surface area contributed by atoms with E-state index in [0.29, 0.717) is 12.3 Å². The van der Waals surface area contributed by atoms with Crippen molar-refractivity contribution in [1.82, 2.24) is 10.2 Å². The molecule has 5 nitrogen and oxygen atoms in total. The minimum absolute atomic E-state index is 0.0138. The van der Waals surface area contributed by atoms with E-state index < -0.39 is 12.0 Å². The normalized spacial score (nSPS) is 32.4. The number of nitrogens with one attached hydrogen (secondary N) is 1. The third-order valence-corrected chi connectivity index (χ3v) is 6.96. The highest BCUT2D eigenvalue weighted by atomic mass is 32.2. The monoisotopic (exact) mass is 332 g/mol. The number of hydrogen-bond acceptors (Lipinski definition) is 4. The summed E-state index contributed by atoms with van der Waals surface area (Å²) in [6, 6.07) is -0.921. The second kappa shape index (κ2) is 7.13. The smallest absolute Gasteiger partial charge is 0.327 e. The summed E-state index contributed by atoms with van der Waals surface area (Å²) in [5.74, 6) is 0.722. The molecule has 0 aromatic heterocycles. The summed E-state index contributed by atoms with van der Waals surface area (Å²) in [5, 5.41) is 12.3. The van der Waals surface area contributed by atoms with Crippen LogP contribution in [0.2, 0.25) is 0 Å². The molecule has 0 radical (unpaired) electrons. The SMILES string of the molecule is CCCC1SCC(C(=O)O)N1C(=O)NCC1(C)CCCS1. The first kappa shape index (κ1) is 16.8. The summed E-state index contributed by atoms with van der Waals surface area (Å²) in [6.45, 7) is 4.84. The number of carboxylic acids is 1. The highest BCUT2D eigenvalue weighted by Gasteiger charge is 2.41. The Kier molecular flexibility index (Phi) is 5.71. The number of amides is 2. The van der Waals surface area contributed by atoms with Crippen molar-refractivity contribution in [1.29, 1.82) is 0 Å². The number of rotatable bonds is 5. The van der Waals surface area contributed by atoms with E-state index in [4.69, 9.17) is 0 Å². The zero-order valence-corrected chi connectivity index (χ0v) is 14.3. The van der Waals surface area contributed by atoms with Crippen LogP contribution in [0.4, 0.5) is 4.79 Å². The number of nitrogens with zero attached hydrogens (tertiary/aromatic N) is 1. The number of aliphatic carboxylic acids is 1. The van der Waals surface area contributed by atoms with Gasteiger partial charge < -0.3 is 10.4 Å². The molecule has 0 saturated carbocycles. The number of thioether (sulfide) groups is 2. The fraction of sp³-hybridized carbons (Fsp3) is 0.857. The maximum atomic E-state index is 12.5. The van der Waals surface area contributed by atoms with Crippen molar-refractivity contribution in [3.05, 3.63) is 0 Å². The van der Waals surface area contributed by atoms with Gasteiger partial charge in [0.25, 0.3) is 0 Å². The van der Waals surface area contributed by atoms with Crippen LogP contribution in [-0.4, -0.2) is 56.2 Å². The first-order valence-electron chi connectivity index (χ1n) is 7.51. The summed E-state index contributed by atoms with van der Waals surface area (Å²) in [4.78, 5) is 25.4. The molecule has 0 bridgehead atoms. The molecule has 0 aliphatic carbocycles. The number of carbonyl (C=O) groups is 2. The van der Waals surface area contributed by atoms with Crippen molar-refractivity contribution in [2.24, 2.45) is 0 Å². The van der Waals surface area contributed by atoms with Crippen LogP contribution in [-0.2, 0) is 4.79 Å². The molecule has 2 aliphatic heterocycles. The molecule has 0 aromatic carbocycles. The Bertz CT molecular complexity index is 400. The van der Waals surface area contributed by atoms with Gasteiger partial charge in [0.1, 0.15) is 6.04 Å². The van der Waals surface area contributed by atoms with Crippen molar-refractivity contribution >= 4 is 35.5 Å². The molecule has 2 rings (SSSR count). The molecule has 2 fully saturated rings. The Labute approximate surface area is 134 Å². The Morgan fingerprint density at radius 3 is 2.81 bits per heavy atom. The summed E-state index contributed by atoms with van der Waals surface area (Å²) < 4.78 is 0.0987. The Balaban J connectivity index is 1.97. The molecule has 2 heterocycles. The molecule has 0 spiro atoms. The number of carbonyl (C=O) groups excluding carboxylic acids is 1. The quantitative estimate of drug-likeness (QED) is 0.810. The van der Waals surface area contributed by atoms with Gasteiger partial charge in [0.2, 0.25) is 0 Å². The van der Waals surface area contributed by atoms with Gasteiger partial charge in [-0.2, -0.15) is 11.8 Å². The maximum absolute atomic E-state index is 12.5. The van der Waals surface area contributed by atoms with Gasteiger partial charge in [0, 0.05) is 17.0 Å². The minimum Gasteiger partial charge on any atom is -0.480 e. The van der Waals surface area contributed by atoms with E-state index in [1.165, 1.54) is 6.42 Å².